The quantitative estimate of drug-likeness (QED) is 0.783. The smallest absolute Gasteiger partial charge is 0.234 e. The van der Waals surface area contributed by atoms with Crippen LogP contribution in [0, 0.1) is 0 Å². The van der Waals surface area contributed by atoms with E-state index in [1.807, 2.05) is 9.90 Å². The van der Waals surface area contributed by atoms with E-state index >= 15 is 0 Å². The van der Waals surface area contributed by atoms with Crippen LogP contribution in [0.1, 0.15) is 42.7 Å². The number of anilines is 1. The number of hydrogen-bond donors (Lipinski definition) is 1. The van der Waals surface area contributed by atoms with Crippen molar-refractivity contribution in [1.82, 2.24) is 24.8 Å². The van der Waals surface area contributed by atoms with Crippen LogP contribution in [-0.4, -0.2) is 24.8 Å². The summed E-state index contributed by atoms with van der Waals surface area (Å²) < 4.78 is 1.87. The Morgan fingerprint density at radius 1 is 1.30 bits per heavy atom. The van der Waals surface area contributed by atoms with Crippen molar-refractivity contribution in [2.24, 2.45) is 0 Å². The average molecular weight is 308 g/mol. The Morgan fingerprint density at radius 2 is 2.15 bits per heavy atom. The minimum absolute atomic E-state index is 0.331. The zero-order chi connectivity index (χ0) is 14.1. The third kappa shape index (κ3) is 2.66. The van der Waals surface area contributed by atoms with Gasteiger partial charge in [-0.15, -0.1) is 21.5 Å². The molecular formula is C12H16N6S2. The number of nitrogens with two attached hydrogens (primary N) is 1. The molecule has 0 aromatic carbocycles. The van der Waals surface area contributed by atoms with E-state index in [9.17, 15) is 0 Å². The highest BCUT2D eigenvalue weighted by Crippen LogP contribution is 2.20. The first-order valence-electron chi connectivity index (χ1n) is 6.54. The van der Waals surface area contributed by atoms with Crippen molar-refractivity contribution in [3.63, 3.8) is 0 Å². The fourth-order valence-corrected chi connectivity index (χ4v) is 3.47. The highest BCUT2D eigenvalue weighted by atomic mass is 32.1. The second-order valence-corrected chi connectivity index (χ2v) is 6.86. The molecule has 0 atom stereocenters. The summed E-state index contributed by atoms with van der Waals surface area (Å²) in [6.07, 6.45) is 2.89. The molecule has 3 heterocycles. The van der Waals surface area contributed by atoms with Crippen molar-refractivity contribution < 1.29 is 0 Å². The number of thiazole rings is 1. The summed E-state index contributed by atoms with van der Waals surface area (Å²) in [6.45, 7) is 4.20. The van der Waals surface area contributed by atoms with Crippen molar-refractivity contribution in [1.29, 1.82) is 0 Å². The van der Waals surface area contributed by atoms with Crippen LogP contribution in [0.5, 0.6) is 0 Å². The Hall–Kier alpha value is -1.54. The fourth-order valence-electron chi connectivity index (χ4n) is 1.99. The highest BCUT2D eigenvalue weighted by molar-refractivity contribution is 7.16. The SMILES string of the molecule is CC(C)c1nnc2sc(CCCc3csc(N)n3)nn12. The number of hydrogen-bond acceptors (Lipinski definition) is 7. The molecule has 0 spiro atoms. The van der Waals surface area contributed by atoms with Gasteiger partial charge >= 0.3 is 0 Å². The number of nitrogens with zero attached hydrogens (tertiary/aromatic N) is 5. The molecule has 3 aromatic heterocycles. The number of fused-ring (bicyclic) bond motifs is 1. The second-order valence-electron chi connectivity index (χ2n) is 4.93. The van der Waals surface area contributed by atoms with E-state index in [1.54, 1.807) is 11.3 Å². The Labute approximate surface area is 124 Å². The molecule has 6 nitrogen and oxygen atoms in total. The monoisotopic (exact) mass is 308 g/mol. The van der Waals surface area contributed by atoms with Gasteiger partial charge in [-0.1, -0.05) is 25.2 Å². The normalized spacial score (nSPS) is 11.8. The maximum Gasteiger partial charge on any atom is 0.234 e. The van der Waals surface area contributed by atoms with Gasteiger partial charge in [-0.05, 0) is 12.8 Å². The second kappa shape index (κ2) is 5.45. The molecule has 0 aliphatic carbocycles. The van der Waals surface area contributed by atoms with Crippen LogP contribution in [-0.2, 0) is 12.8 Å². The summed E-state index contributed by atoms with van der Waals surface area (Å²) in [7, 11) is 0. The van der Waals surface area contributed by atoms with Crippen LogP contribution in [0.4, 0.5) is 5.13 Å². The Balaban J connectivity index is 1.65. The fraction of sp³-hybridized carbons (Fsp3) is 0.500. The van der Waals surface area contributed by atoms with Gasteiger partial charge in [-0.2, -0.15) is 9.61 Å². The first-order chi connectivity index (χ1) is 9.63. The number of rotatable bonds is 5. The lowest BCUT2D eigenvalue weighted by molar-refractivity contribution is 0.708. The van der Waals surface area contributed by atoms with Crippen molar-refractivity contribution in [2.45, 2.75) is 39.0 Å². The summed E-state index contributed by atoms with van der Waals surface area (Å²) >= 11 is 3.10. The molecule has 20 heavy (non-hydrogen) atoms. The summed E-state index contributed by atoms with van der Waals surface area (Å²) in [5.41, 5.74) is 6.69. The number of nitrogen functional groups attached to an aromatic ring is 1. The van der Waals surface area contributed by atoms with Crippen molar-refractivity contribution >= 4 is 32.8 Å². The minimum atomic E-state index is 0.331. The van der Waals surface area contributed by atoms with Crippen LogP contribution < -0.4 is 5.73 Å². The lowest BCUT2D eigenvalue weighted by Gasteiger charge is -1.98. The van der Waals surface area contributed by atoms with E-state index in [0.29, 0.717) is 11.0 Å². The van der Waals surface area contributed by atoms with Gasteiger partial charge in [0.25, 0.3) is 0 Å². The van der Waals surface area contributed by atoms with Gasteiger partial charge in [0.1, 0.15) is 5.01 Å². The summed E-state index contributed by atoms with van der Waals surface area (Å²) in [6, 6.07) is 0. The van der Waals surface area contributed by atoms with E-state index in [2.05, 4.69) is 34.1 Å². The molecule has 0 fully saturated rings. The van der Waals surface area contributed by atoms with E-state index in [-0.39, 0.29) is 0 Å². The van der Waals surface area contributed by atoms with Crippen molar-refractivity contribution in [3.05, 3.63) is 21.9 Å². The topological polar surface area (TPSA) is 82.0 Å². The minimum Gasteiger partial charge on any atom is -0.375 e. The first-order valence-corrected chi connectivity index (χ1v) is 8.24. The molecule has 0 saturated heterocycles. The summed E-state index contributed by atoms with van der Waals surface area (Å²) in [5, 5.41) is 16.7. The molecule has 0 aliphatic heterocycles. The van der Waals surface area contributed by atoms with Gasteiger partial charge < -0.3 is 5.73 Å². The van der Waals surface area contributed by atoms with E-state index in [0.717, 1.165) is 40.7 Å². The molecular weight excluding hydrogens is 292 g/mol. The number of aromatic nitrogens is 5. The van der Waals surface area contributed by atoms with E-state index in [4.69, 9.17) is 5.73 Å². The predicted octanol–water partition coefficient (Wildman–Crippen LogP) is 2.52. The maximum absolute atomic E-state index is 5.62. The molecule has 0 bridgehead atoms. The molecule has 0 radical (unpaired) electrons. The van der Waals surface area contributed by atoms with Crippen LogP contribution in [0.25, 0.3) is 4.96 Å². The lowest BCUT2D eigenvalue weighted by Crippen LogP contribution is -1.99. The zero-order valence-corrected chi connectivity index (χ0v) is 13.0. The largest absolute Gasteiger partial charge is 0.375 e. The van der Waals surface area contributed by atoms with Crippen LogP contribution in [0.2, 0.25) is 0 Å². The molecule has 0 aliphatic rings. The van der Waals surface area contributed by atoms with Crippen molar-refractivity contribution in [3.8, 4) is 0 Å². The third-order valence-electron chi connectivity index (χ3n) is 2.97. The van der Waals surface area contributed by atoms with Gasteiger partial charge in [-0.3, -0.25) is 0 Å². The van der Waals surface area contributed by atoms with Crippen LogP contribution in [0.3, 0.4) is 0 Å². The van der Waals surface area contributed by atoms with E-state index in [1.165, 1.54) is 11.3 Å². The van der Waals surface area contributed by atoms with Gasteiger partial charge in [0.05, 0.1) is 5.69 Å². The Kier molecular flexibility index (Phi) is 3.66. The maximum atomic E-state index is 5.62. The molecule has 2 N–H and O–H groups in total. The van der Waals surface area contributed by atoms with Crippen molar-refractivity contribution in [2.75, 3.05) is 5.73 Å². The third-order valence-corrected chi connectivity index (χ3v) is 4.65. The predicted molar refractivity (Wildman–Crippen MR) is 81.3 cm³/mol. The van der Waals surface area contributed by atoms with Gasteiger partial charge in [0.2, 0.25) is 4.96 Å². The van der Waals surface area contributed by atoms with E-state index < -0.39 is 0 Å². The molecule has 0 saturated carbocycles. The van der Waals surface area contributed by atoms with Gasteiger partial charge in [-0.25, -0.2) is 4.98 Å². The lowest BCUT2D eigenvalue weighted by atomic mass is 10.2. The highest BCUT2D eigenvalue weighted by Gasteiger charge is 2.14. The van der Waals surface area contributed by atoms with Crippen LogP contribution in [0.15, 0.2) is 5.38 Å². The molecule has 8 heteroatoms. The molecule has 3 aromatic rings. The molecule has 0 unspecified atom stereocenters. The Bertz CT molecular complexity index is 710. The Morgan fingerprint density at radius 3 is 2.85 bits per heavy atom. The molecule has 106 valence electrons. The first kappa shape index (κ1) is 13.4. The number of aryl methyl sites for hydroxylation is 2. The van der Waals surface area contributed by atoms with Gasteiger partial charge in [0.15, 0.2) is 11.0 Å². The summed E-state index contributed by atoms with van der Waals surface area (Å²) in [5.74, 6) is 1.26. The summed E-state index contributed by atoms with van der Waals surface area (Å²) in [4.78, 5) is 5.14. The molecule has 0 amide bonds. The zero-order valence-electron chi connectivity index (χ0n) is 11.4. The molecule has 3 rings (SSSR count). The average Bonchev–Trinajstić information content (AvgIpc) is 3.04. The van der Waals surface area contributed by atoms with Gasteiger partial charge in [0, 0.05) is 17.7 Å². The standard InChI is InChI=1S/C12H16N6S2/c1-7(2)10-15-16-12-18(10)17-9(20-12)5-3-4-8-6-19-11(13)14-8/h6-7H,3-5H2,1-2H3,(H2,13,14). The van der Waals surface area contributed by atoms with Crippen LogP contribution >= 0.6 is 22.7 Å².